The maximum absolute atomic E-state index is 12.5. The van der Waals surface area contributed by atoms with Crippen LogP contribution in [0.25, 0.3) is 0 Å². The molecule has 1 aliphatic heterocycles. The highest BCUT2D eigenvalue weighted by Crippen LogP contribution is 2.21. The standard InChI is InChI=1S/C18H28N4O4S.ClH/c1-13(2)17(19)18(24)21-12-16(23)20-11-14-5-7-15(8-6-14)27(25,26)22-9-3-4-10-22;/h5-8,13,17H,3-4,9-12,19H2,1-2H3,(H,20,23)(H,21,24);1H/t17-;/m0./s1. The summed E-state index contributed by atoms with van der Waals surface area (Å²) in [6.45, 7) is 4.88. The number of carbonyl (C=O) groups is 2. The van der Waals surface area contributed by atoms with Gasteiger partial charge in [-0.25, -0.2) is 8.42 Å². The molecule has 0 saturated carbocycles. The summed E-state index contributed by atoms with van der Waals surface area (Å²) in [5, 5.41) is 5.18. The van der Waals surface area contributed by atoms with Crippen molar-refractivity contribution < 1.29 is 18.0 Å². The number of hydrogen-bond donors (Lipinski definition) is 3. The summed E-state index contributed by atoms with van der Waals surface area (Å²) in [4.78, 5) is 23.8. The first-order chi connectivity index (χ1) is 12.7. The lowest BCUT2D eigenvalue weighted by molar-refractivity contribution is -0.127. The lowest BCUT2D eigenvalue weighted by Crippen LogP contribution is -2.47. The van der Waals surface area contributed by atoms with Crippen LogP contribution in [-0.2, 0) is 26.2 Å². The van der Waals surface area contributed by atoms with Crippen LogP contribution in [-0.4, -0.2) is 50.2 Å². The molecule has 4 N–H and O–H groups in total. The SMILES string of the molecule is CC(C)[C@H](N)C(=O)NCC(=O)NCc1ccc(S(=O)(=O)N2CCCC2)cc1.Cl. The first-order valence-corrected chi connectivity index (χ1v) is 10.5. The van der Waals surface area contributed by atoms with Crippen LogP contribution >= 0.6 is 12.4 Å². The van der Waals surface area contributed by atoms with Crippen LogP contribution in [0.15, 0.2) is 29.2 Å². The zero-order valence-electron chi connectivity index (χ0n) is 16.2. The van der Waals surface area contributed by atoms with Gasteiger partial charge in [-0.05, 0) is 36.5 Å². The Labute approximate surface area is 172 Å². The van der Waals surface area contributed by atoms with E-state index in [9.17, 15) is 18.0 Å². The van der Waals surface area contributed by atoms with Crippen molar-refractivity contribution in [2.24, 2.45) is 11.7 Å². The molecule has 1 atom stereocenters. The van der Waals surface area contributed by atoms with E-state index in [2.05, 4.69) is 10.6 Å². The average molecular weight is 433 g/mol. The lowest BCUT2D eigenvalue weighted by atomic mass is 10.1. The first-order valence-electron chi connectivity index (χ1n) is 9.11. The molecule has 1 aromatic carbocycles. The third-order valence-electron chi connectivity index (χ3n) is 4.56. The van der Waals surface area contributed by atoms with Crippen LogP contribution < -0.4 is 16.4 Å². The fourth-order valence-electron chi connectivity index (χ4n) is 2.71. The van der Waals surface area contributed by atoms with Gasteiger partial charge < -0.3 is 16.4 Å². The molecular formula is C18H29ClN4O4S. The highest BCUT2D eigenvalue weighted by molar-refractivity contribution is 7.89. The second kappa shape index (κ2) is 10.8. The molecule has 0 radical (unpaired) electrons. The maximum Gasteiger partial charge on any atom is 0.243 e. The lowest BCUT2D eigenvalue weighted by Gasteiger charge is -2.16. The minimum atomic E-state index is -3.43. The predicted octanol–water partition coefficient (Wildman–Crippen LogP) is 0.609. The summed E-state index contributed by atoms with van der Waals surface area (Å²) in [6.07, 6.45) is 1.78. The molecule has 0 spiro atoms. The second-order valence-electron chi connectivity index (χ2n) is 7.02. The molecule has 8 nitrogen and oxygen atoms in total. The van der Waals surface area contributed by atoms with Crippen molar-refractivity contribution >= 4 is 34.2 Å². The number of carbonyl (C=O) groups excluding carboxylic acids is 2. The summed E-state index contributed by atoms with van der Waals surface area (Å²) in [5.74, 6) is -0.715. The van der Waals surface area contributed by atoms with E-state index < -0.39 is 16.1 Å². The van der Waals surface area contributed by atoms with E-state index >= 15 is 0 Å². The molecular weight excluding hydrogens is 404 g/mol. The number of sulfonamides is 1. The summed E-state index contributed by atoms with van der Waals surface area (Å²) in [6, 6.07) is 5.81. The topological polar surface area (TPSA) is 122 Å². The molecule has 0 unspecified atom stereocenters. The van der Waals surface area contributed by atoms with Gasteiger partial charge >= 0.3 is 0 Å². The van der Waals surface area contributed by atoms with Gasteiger partial charge in [0.25, 0.3) is 0 Å². The van der Waals surface area contributed by atoms with E-state index in [0.717, 1.165) is 18.4 Å². The molecule has 1 aliphatic rings. The third-order valence-corrected chi connectivity index (χ3v) is 6.47. The summed E-state index contributed by atoms with van der Waals surface area (Å²) >= 11 is 0. The van der Waals surface area contributed by atoms with Crippen LogP contribution in [0, 0.1) is 5.92 Å². The van der Waals surface area contributed by atoms with Crippen molar-refractivity contribution in [3.05, 3.63) is 29.8 Å². The van der Waals surface area contributed by atoms with E-state index in [0.29, 0.717) is 13.1 Å². The second-order valence-corrected chi connectivity index (χ2v) is 8.96. The van der Waals surface area contributed by atoms with Crippen LogP contribution in [0.2, 0.25) is 0 Å². The normalized spacial score (nSPS) is 15.7. The minimum absolute atomic E-state index is 0. The van der Waals surface area contributed by atoms with Crippen molar-refractivity contribution in [2.75, 3.05) is 19.6 Å². The van der Waals surface area contributed by atoms with E-state index in [4.69, 9.17) is 5.73 Å². The molecule has 1 saturated heterocycles. The van der Waals surface area contributed by atoms with Crippen molar-refractivity contribution in [1.82, 2.24) is 14.9 Å². The highest BCUT2D eigenvalue weighted by Gasteiger charge is 2.26. The Morgan fingerprint density at radius 3 is 2.21 bits per heavy atom. The zero-order valence-corrected chi connectivity index (χ0v) is 17.8. The smallest absolute Gasteiger partial charge is 0.243 e. The van der Waals surface area contributed by atoms with Gasteiger partial charge in [0, 0.05) is 19.6 Å². The Morgan fingerprint density at radius 2 is 1.68 bits per heavy atom. The van der Waals surface area contributed by atoms with Crippen LogP contribution in [0.1, 0.15) is 32.3 Å². The number of amides is 2. The fraction of sp³-hybridized carbons (Fsp3) is 0.556. The molecule has 28 heavy (non-hydrogen) atoms. The molecule has 1 heterocycles. The largest absolute Gasteiger partial charge is 0.350 e. The Bertz CT molecular complexity index is 762. The number of rotatable bonds is 8. The molecule has 158 valence electrons. The van der Waals surface area contributed by atoms with Crippen molar-refractivity contribution in [2.45, 2.75) is 44.2 Å². The highest BCUT2D eigenvalue weighted by atomic mass is 35.5. The molecule has 2 rings (SSSR count). The zero-order chi connectivity index (χ0) is 20.0. The van der Waals surface area contributed by atoms with E-state index in [1.165, 1.54) is 4.31 Å². The van der Waals surface area contributed by atoms with Gasteiger partial charge in [-0.2, -0.15) is 4.31 Å². The predicted molar refractivity (Wildman–Crippen MR) is 109 cm³/mol. The maximum atomic E-state index is 12.5. The number of nitrogens with zero attached hydrogens (tertiary/aromatic N) is 1. The third kappa shape index (κ3) is 6.44. The van der Waals surface area contributed by atoms with Gasteiger partial charge in [0.15, 0.2) is 0 Å². The van der Waals surface area contributed by atoms with Crippen LogP contribution in [0.5, 0.6) is 0 Å². The van der Waals surface area contributed by atoms with Gasteiger partial charge in [-0.3, -0.25) is 9.59 Å². The molecule has 0 aromatic heterocycles. The van der Waals surface area contributed by atoms with Crippen molar-refractivity contribution in [1.29, 1.82) is 0 Å². The van der Waals surface area contributed by atoms with Crippen LogP contribution in [0.3, 0.4) is 0 Å². The molecule has 10 heteroatoms. The summed E-state index contributed by atoms with van der Waals surface area (Å²) in [5.41, 5.74) is 6.48. The van der Waals surface area contributed by atoms with Gasteiger partial charge in [-0.1, -0.05) is 26.0 Å². The number of nitrogens with two attached hydrogens (primary N) is 1. The molecule has 1 fully saturated rings. The molecule has 1 aromatic rings. The van der Waals surface area contributed by atoms with E-state index in [-0.39, 0.29) is 48.1 Å². The Kier molecular flexibility index (Phi) is 9.35. The Balaban J connectivity index is 0.00000392. The van der Waals surface area contributed by atoms with Gasteiger partial charge in [0.1, 0.15) is 0 Å². The quantitative estimate of drug-likeness (QED) is 0.555. The van der Waals surface area contributed by atoms with Gasteiger partial charge in [-0.15, -0.1) is 12.4 Å². The minimum Gasteiger partial charge on any atom is -0.350 e. The number of halogens is 1. The van der Waals surface area contributed by atoms with Crippen molar-refractivity contribution in [3.63, 3.8) is 0 Å². The Morgan fingerprint density at radius 1 is 1.11 bits per heavy atom. The molecule has 2 amide bonds. The monoisotopic (exact) mass is 432 g/mol. The van der Waals surface area contributed by atoms with Gasteiger partial charge in [0.2, 0.25) is 21.8 Å². The van der Waals surface area contributed by atoms with E-state index in [1.807, 2.05) is 13.8 Å². The number of nitrogens with one attached hydrogen (secondary N) is 2. The average Bonchev–Trinajstić information content (AvgIpc) is 3.19. The summed E-state index contributed by atoms with van der Waals surface area (Å²) in [7, 11) is -3.43. The fourth-order valence-corrected chi connectivity index (χ4v) is 4.23. The van der Waals surface area contributed by atoms with Gasteiger partial charge in [0.05, 0.1) is 17.5 Å². The van der Waals surface area contributed by atoms with Crippen LogP contribution in [0.4, 0.5) is 0 Å². The number of hydrogen-bond acceptors (Lipinski definition) is 5. The summed E-state index contributed by atoms with van der Waals surface area (Å²) < 4.78 is 26.4. The number of benzene rings is 1. The first kappa shape index (κ1) is 24.4. The van der Waals surface area contributed by atoms with Crippen molar-refractivity contribution in [3.8, 4) is 0 Å². The van der Waals surface area contributed by atoms with E-state index in [1.54, 1.807) is 24.3 Å². The Hall–Kier alpha value is -1.68. The molecule has 0 bridgehead atoms. The molecule has 0 aliphatic carbocycles.